The van der Waals surface area contributed by atoms with Crippen molar-refractivity contribution in [2.75, 3.05) is 26.4 Å². The molecule has 3 aromatic rings. The molecule has 3 nitrogen and oxygen atoms in total. The van der Waals surface area contributed by atoms with Gasteiger partial charge in [-0.05, 0) is 29.0 Å². The van der Waals surface area contributed by atoms with Crippen molar-refractivity contribution < 1.29 is 14.6 Å². The van der Waals surface area contributed by atoms with Crippen LogP contribution in [0.5, 0.6) is 5.75 Å². The Kier molecular flexibility index (Phi) is 4.78. The third-order valence-electron chi connectivity index (χ3n) is 3.49. The van der Waals surface area contributed by atoms with Crippen molar-refractivity contribution >= 4 is 33.1 Å². The Morgan fingerprint density at radius 1 is 0.864 bits per heavy atom. The van der Waals surface area contributed by atoms with E-state index in [-0.39, 0.29) is 6.61 Å². The predicted molar refractivity (Wildman–Crippen MR) is 89.9 cm³/mol. The second-order valence-corrected chi connectivity index (χ2v) is 5.41. The summed E-state index contributed by atoms with van der Waals surface area (Å²) < 4.78 is 11.2. The number of fused-ring (bicyclic) bond motifs is 2. The Hall–Kier alpha value is -1.81. The minimum Gasteiger partial charge on any atom is -0.490 e. The highest BCUT2D eigenvalue weighted by molar-refractivity contribution is 6.31. The smallest absolute Gasteiger partial charge is 0.135 e. The number of hydrogen-bond donors (Lipinski definition) is 1. The molecule has 3 rings (SSSR count). The molecule has 0 unspecified atom stereocenters. The van der Waals surface area contributed by atoms with Crippen molar-refractivity contribution in [1.29, 1.82) is 0 Å². The third kappa shape index (κ3) is 3.17. The maximum atomic E-state index is 8.72. The second-order valence-electron chi connectivity index (χ2n) is 4.98. The highest BCUT2D eigenvalue weighted by Crippen LogP contribution is 2.36. The molecule has 0 aliphatic rings. The molecule has 0 atom stereocenters. The fourth-order valence-electron chi connectivity index (χ4n) is 2.52. The molecule has 0 saturated carbocycles. The molecular formula is C18H17ClO3. The summed E-state index contributed by atoms with van der Waals surface area (Å²) in [4.78, 5) is 0. The summed E-state index contributed by atoms with van der Waals surface area (Å²) in [6, 6.07) is 16.1. The lowest BCUT2D eigenvalue weighted by Gasteiger charge is -2.13. The fraction of sp³-hybridized carbons (Fsp3) is 0.222. The average Bonchev–Trinajstić information content (AvgIpc) is 2.54. The van der Waals surface area contributed by atoms with Crippen LogP contribution in [0.25, 0.3) is 21.5 Å². The van der Waals surface area contributed by atoms with Gasteiger partial charge < -0.3 is 14.6 Å². The van der Waals surface area contributed by atoms with E-state index in [1.807, 2.05) is 36.4 Å². The van der Waals surface area contributed by atoms with Gasteiger partial charge in [0.1, 0.15) is 12.4 Å². The molecule has 0 spiro atoms. The van der Waals surface area contributed by atoms with E-state index in [2.05, 4.69) is 12.1 Å². The fourth-order valence-corrected chi connectivity index (χ4v) is 2.69. The monoisotopic (exact) mass is 316 g/mol. The van der Waals surface area contributed by atoms with Crippen LogP contribution in [0.3, 0.4) is 0 Å². The minimum absolute atomic E-state index is 0.0206. The highest BCUT2D eigenvalue weighted by Gasteiger charge is 2.09. The largest absolute Gasteiger partial charge is 0.490 e. The number of ether oxygens (including phenoxy) is 2. The quantitative estimate of drug-likeness (QED) is 0.551. The van der Waals surface area contributed by atoms with E-state index in [0.717, 1.165) is 27.3 Å². The lowest BCUT2D eigenvalue weighted by molar-refractivity contribution is 0.0711. The van der Waals surface area contributed by atoms with Gasteiger partial charge in [-0.2, -0.15) is 0 Å². The number of aliphatic hydroxyl groups is 1. The van der Waals surface area contributed by atoms with Gasteiger partial charge in [-0.3, -0.25) is 0 Å². The molecule has 4 heteroatoms. The third-order valence-corrected chi connectivity index (χ3v) is 3.72. The Balaban J connectivity index is 2.00. The zero-order chi connectivity index (χ0) is 15.4. The van der Waals surface area contributed by atoms with Crippen molar-refractivity contribution in [3.63, 3.8) is 0 Å². The van der Waals surface area contributed by atoms with Crippen LogP contribution < -0.4 is 4.74 Å². The molecule has 114 valence electrons. The number of hydrogen-bond acceptors (Lipinski definition) is 3. The molecule has 0 radical (unpaired) electrons. The lowest BCUT2D eigenvalue weighted by atomic mass is 10.0. The summed E-state index contributed by atoms with van der Waals surface area (Å²) in [6.45, 7) is 1.21. The number of rotatable bonds is 6. The highest BCUT2D eigenvalue weighted by atomic mass is 35.5. The van der Waals surface area contributed by atoms with Crippen LogP contribution in [0.4, 0.5) is 0 Å². The second kappa shape index (κ2) is 6.97. The van der Waals surface area contributed by atoms with Gasteiger partial charge in [0.15, 0.2) is 0 Å². The topological polar surface area (TPSA) is 38.7 Å². The molecule has 0 amide bonds. The molecule has 0 aromatic heterocycles. The molecule has 0 aliphatic carbocycles. The van der Waals surface area contributed by atoms with Gasteiger partial charge in [0, 0.05) is 15.8 Å². The summed E-state index contributed by atoms with van der Waals surface area (Å²) >= 11 is 6.14. The van der Waals surface area contributed by atoms with Gasteiger partial charge in [0.05, 0.1) is 19.8 Å². The Labute approximate surface area is 134 Å². The molecule has 0 fully saturated rings. The first-order valence-electron chi connectivity index (χ1n) is 7.22. The van der Waals surface area contributed by atoms with Crippen molar-refractivity contribution in [3.05, 3.63) is 53.6 Å². The van der Waals surface area contributed by atoms with E-state index >= 15 is 0 Å². The normalized spacial score (nSPS) is 11.2. The molecule has 0 saturated heterocycles. The number of benzene rings is 3. The van der Waals surface area contributed by atoms with E-state index in [9.17, 15) is 0 Å². The zero-order valence-electron chi connectivity index (χ0n) is 12.1. The SMILES string of the molecule is OCCOCCOc1c2ccccc2cc2ccc(Cl)cc12. The van der Waals surface area contributed by atoms with E-state index in [1.165, 1.54) is 0 Å². The first-order valence-corrected chi connectivity index (χ1v) is 7.60. The molecule has 22 heavy (non-hydrogen) atoms. The molecule has 0 aliphatic heterocycles. The van der Waals surface area contributed by atoms with Crippen LogP contribution in [0.2, 0.25) is 5.02 Å². The maximum Gasteiger partial charge on any atom is 0.135 e. The number of aliphatic hydroxyl groups excluding tert-OH is 1. The maximum absolute atomic E-state index is 8.72. The van der Waals surface area contributed by atoms with Crippen LogP contribution >= 0.6 is 11.6 Å². The molecule has 1 N–H and O–H groups in total. The van der Waals surface area contributed by atoms with Gasteiger partial charge in [-0.15, -0.1) is 0 Å². The first-order chi connectivity index (χ1) is 10.8. The predicted octanol–water partition coefficient (Wildman–Crippen LogP) is 4.03. The van der Waals surface area contributed by atoms with E-state index in [0.29, 0.717) is 24.8 Å². The number of halogens is 1. The first kappa shape index (κ1) is 15.1. The molecular weight excluding hydrogens is 300 g/mol. The van der Waals surface area contributed by atoms with Gasteiger partial charge in [0.25, 0.3) is 0 Å². The minimum atomic E-state index is 0.0206. The summed E-state index contributed by atoms with van der Waals surface area (Å²) in [5.74, 6) is 0.822. The standard InChI is InChI=1S/C18H17ClO3/c19-15-6-5-14-11-13-3-1-2-4-16(13)18(17(14)12-15)22-10-9-21-8-7-20/h1-6,11-12,20H,7-10H2. The van der Waals surface area contributed by atoms with Gasteiger partial charge in [-0.25, -0.2) is 0 Å². The van der Waals surface area contributed by atoms with Crippen molar-refractivity contribution in [3.8, 4) is 5.75 Å². The zero-order valence-corrected chi connectivity index (χ0v) is 12.8. The van der Waals surface area contributed by atoms with Crippen molar-refractivity contribution in [2.45, 2.75) is 0 Å². The van der Waals surface area contributed by atoms with Crippen molar-refractivity contribution in [1.82, 2.24) is 0 Å². The van der Waals surface area contributed by atoms with Crippen LogP contribution in [0.15, 0.2) is 48.5 Å². The average molecular weight is 317 g/mol. The summed E-state index contributed by atoms with van der Waals surface area (Å²) in [5, 5.41) is 13.7. The van der Waals surface area contributed by atoms with Crippen LogP contribution in [-0.2, 0) is 4.74 Å². The van der Waals surface area contributed by atoms with Gasteiger partial charge >= 0.3 is 0 Å². The van der Waals surface area contributed by atoms with E-state index < -0.39 is 0 Å². The van der Waals surface area contributed by atoms with Crippen molar-refractivity contribution in [2.24, 2.45) is 0 Å². The summed E-state index contributed by atoms with van der Waals surface area (Å²) in [6.07, 6.45) is 0. The lowest BCUT2D eigenvalue weighted by Crippen LogP contribution is -2.09. The van der Waals surface area contributed by atoms with E-state index in [4.69, 9.17) is 26.2 Å². The Morgan fingerprint density at radius 2 is 1.68 bits per heavy atom. The van der Waals surface area contributed by atoms with Gasteiger partial charge in [0.2, 0.25) is 0 Å². The van der Waals surface area contributed by atoms with Crippen LogP contribution in [-0.4, -0.2) is 31.5 Å². The summed E-state index contributed by atoms with van der Waals surface area (Å²) in [7, 11) is 0. The van der Waals surface area contributed by atoms with E-state index in [1.54, 1.807) is 0 Å². The molecule has 0 bridgehead atoms. The van der Waals surface area contributed by atoms with Crippen LogP contribution in [0.1, 0.15) is 0 Å². The molecule has 0 heterocycles. The van der Waals surface area contributed by atoms with Crippen LogP contribution in [0, 0.1) is 0 Å². The molecule has 3 aromatic carbocycles. The summed E-state index contributed by atoms with van der Waals surface area (Å²) in [5.41, 5.74) is 0. The Bertz CT molecular complexity index is 786. The Morgan fingerprint density at radius 3 is 2.55 bits per heavy atom. The van der Waals surface area contributed by atoms with Gasteiger partial charge in [-0.1, -0.05) is 41.9 Å².